The summed E-state index contributed by atoms with van der Waals surface area (Å²) in [7, 11) is 0. The first-order valence-corrected chi connectivity index (χ1v) is 5.98. The van der Waals surface area contributed by atoms with Crippen molar-refractivity contribution >= 4 is 11.6 Å². The van der Waals surface area contributed by atoms with Gasteiger partial charge in [-0.05, 0) is 18.6 Å². The van der Waals surface area contributed by atoms with E-state index in [1.165, 1.54) is 0 Å². The number of aryl methyl sites for hydroxylation is 1. The minimum Gasteiger partial charge on any atom is -0.393 e. The Labute approximate surface area is 104 Å². The maximum atomic E-state index is 9.58. The first-order valence-electron chi connectivity index (χ1n) is 5.61. The van der Waals surface area contributed by atoms with Gasteiger partial charge in [0.25, 0.3) is 0 Å². The molecule has 1 aliphatic rings. The fourth-order valence-electron chi connectivity index (χ4n) is 2.05. The number of aromatic nitrogens is 3. The van der Waals surface area contributed by atoms with E-state index in [1.807, 2.05) is 28.9 Å². The number of aliphatic hydroxyl groups is 1. The van der Waals surface area contributed by atoms with Crippen molar-refractivity contribution in [3.63, 3.8) is 0 Å². The average Bonchev–Trinajstić information content (AvgIpc) is 2.72. The first-order chi connectivity index (χ1) is 8.24. The third-order valence-electron chi connectivity index (χ3n) is 2.96. The molecule has 0 aliphatic carbocycles. The summed E-state index contributed by atoms with van der Waals surface area (Å²) < 4.78 is 1.85. The highest BCUT2D eigenvalue weighted by Gasteiger charge is 2.21. The van der Waals surface area contributed by atoms with Gasteiger partial charge in [-0.25, -0.2) is 9.67 Å². The zero-order valence-corrected chi connectivity index (χ0v) is 9.93. The molecule has 2 aromatic rings. The van der Waals surface area contributed by atoms with Crippen LogP contribution >= 0.6 is 11.6 Å². The van der Waals surface area contributed by atoms with Gasteiger partial charge in [-0.3, -0.25) is 0 Å². The zero-order chi connectivity index (χ0) is 11.8. The molecule has 0 spiro atoms. The monoisotopic (exact) mass is 249 g/mol. The van der Waals surface area contributed by atoms with Crippen LogP contribution in [0.1, 0.15) is 12.2 Å². The molecule has 0 saturated carbocycles. The van der Waals surface area contributed by atoms with Gasteiger partial charge in [-0.2, -0.15) is 5.10 Å². The van der Waals surface area contributed by atoms with Gasteiger partial charge in [0.2, 0.25) is 0 Å². The molecular formula is C12H12ClN3O. The van der Waals surface area contributed by atoms with E-state index in [2.05, 4.69) is 10.1 Å². The Morgan fingerprint density at radius 2 is 2.18 bits per heavy atom. The maximum Gasteiger partial charge on any atom is 0.182 e. The van der Waals surface area contributed by atoms with Crippen LogP contribution in [0.25, 0.3) is 11.4 Å². The predicted octanol–water partition coefficient (Wildman–Crippen LogP) is 1.91. The van der Waals surface area contributed by atoms with Crippen LogP contribution in [0.2, 0.25) is 5.02 Å². The Kier molecular flexibility index (Phi) is 2.61. The molecule has 1 aromatic carbocycles. The molecule has 5 heteroatoms. The van der Waals surface area contributed by atoms with E-state index in [9.17, 15) is 5.11 Å². The van der Waals surface area contributed by atoms with Crippen LogP contribution in [0.15, 0.2) is 24.3 Å². The summed E-state index contributed by atoms with van der Waals surface area (Å²) in [4.78, 5) is 4.44. The van der Waals surface area contributed by atoms with E-state index < -0.39 is 0 Å². The van der Waals surface area contributed by atoms with Gasteiger partial charge in [0.15, 0.2) is 5.82 Å². The second kappa shape index (κ2) is 4.13. The molecule has 88 valence electrons. The Morgan fingerprint density at radius 1 is 1.35 bits per heavy atom. The number of nitrogens with zero attached hydrogens (tertiary/aromatic N) is 3. The molecule has 0 amide bonds. The van der Waals surface area contributed by atoms with E-state index in [0.29, 0.717) is 23.8 Å². The number of hydrogen-bond acceptors (Lipinski definition) is 3. The van der Waals surface area contributed by atoms with Gasteiger partial charge in [-0.15, -0.1) is 0 Å². The molecule has 1 aromatic heterocycles. The molecule has 0 saturated heterocycles. The SMILES string of the molecule is OC1CCn2nc(-c3ccccc3Cl)nc2C1. The molecule has 0 radical (unpaired) electrons. The lowest BCUT2D eigenvalue weighted by atomic mass is 10.1. The normalized spacial score (nSPS) is 19.1. The van der Waals surface area contributed by atoms with E-state index >= 15 is 0 Å². The summed E-state index contributed by atoms with van der Waals surface area (Å²) in [6, 6.07) is 7.52. The molecule has 1 unspecified atom stereocenters. The Balaban J connectivity index is 2.03. The number of aliphatic hydroxyl groups excluding tert-OH is 1. The van der Waals surface area contributed by atoms with Crippen molar-refractivity contribution < 1.29 is 5.11 Å². The molecule has 4 nitrogen and oxygen atoms in total. The highest BCUT2D eigenvalue weighted by molar-refractivity contribution is 6.33. The summed E-state index contributed by atoms with van der Waals surface area (Å²) in [6.45, 7) is 0.716. The van der Waals surface area contributed by atoms with Crippen LogP contribution in [-0.4, -0.2) is 26.0 Å². The Morgan fingerprint density at radius 3 is 3.00 bits per heavy atom. The van der Waals surface area contributed by atoms with Crippen LogP contribution in [-0.2, 0) is 13.0 Å². The summed E-state index contributed by atoms with van der Waals surface area (Å²) in [5.41, 5.74) is 0.838. The highest BCUT2D eigenvalue weighted by Crippen LogP contribution is 2.26. The third-order valence-corrected chi connectivity index (χ3v) is 3.29. The van der Waals surface area contributed by atoms with Crippen LogP contribution < -0.4 is 0 Å². The van der Waals surface area contributed by atoms with Crippen LogP contribution in [0.4, 0.5) is 0 Å². The lowest BCUT2D eigenvalue weighted by molar-refractivity contribution is 0.138. The second-order valence-corrected chi connectivity index (χ2v) is 4.61. The first kappa shape index (κ1) is 10.7. The van der Waals surface area contributed by atoms with Crippen molar-refractivity contribution in [3.8, 4) is 11.4 Å². The van der Waals surface area contributed by atoms with Crippen molar-refractivity contribution in [2.75, 3.05) is 0 Å². The van der Waals surface area contributed by atoms with E-state index in [-0.39, 0.29) is 6.10 Å². The zero-order valence-electron chi connectivity index (χ0n) is 9.17. The minimum atomic E-state index is -0.300. The molecule has 17 heavy (non-hydrogen) atoms. The lowest BCUT2D eigenvalue weighted by Gasteiger charge is -2.16. The maximum absolute atomic E-state index is 9.58. The average molecular weight is 250 g/mol. The Bertz CT molecular complexity index is 552. The van der Waals surface area contributed by atoms with Crippen molar-refractivity contribution in [1.29, 1.82) is 0 Å². The predicted molar refractivity (Wildman–Crippen MR) is 64.8 cm³/mol. The number of halogens is 1. The van der Waals surface area contributed by atoms with Gasteiger partial charge in [0, 0.05) is 18.5 Å². The molecule has 2 heterocycles. The standard InChI is InChI=1S/C12H12ClN3O/c13-10-4-2-1-3-9(10)12-14-11-7-8(17)5-6-16(11)15-12/h1-4,8,17H,5-7H2. The number of rotatable bonds is 1. The smallest absolute Gasteiger partial charge is 0.182 e. The van der Waals surface area contributed by atoms with E-state index in [0.717, 1.165) is 17.8 Å². The largest absolute Gasteiger partial charge is 0.393 e. The van der Waals surface area contributed by atoms with Crippen molar-refractivity contribution in [1.82, 2.24) is 14.8 Å². The second-order valence-electron chi connectivity index (χ2n) is 4.20. The van der Waals surface area contributed by atoms with E-state index in [4.69, 9.17) is 11.6 Å². The van der Waals surface area contributed by atoms with E-state index in [1.54, 1.807) is 0 Å². The number of benzene rings is 1. The lowest BCUT2D eigenvalue weighted by Crippen LogP contribution is -2.23. The molecule has 0 bridgehead atoms. The van der Waals surface area contributed by atoms with Crippen molar-refractivity contribution in [2.24, 2.45) is 0 Å². The molecular weight excluding hydrogens is 238 g/mol. The van der Waals surface area contributed by atoms with Crippen molar-refractivity contribution in [3.05, 3.63) is 35.1 Å². The molecule has 1 atom stereocenters. The summed E-state index contributed by atoms with van der Waals surface area (Å²) in [6.07, 6.45) is 1.00. The third kappa shape index (κ3) is 1.94. The topological polar surface area (TPSA) is 50.9 Å². The summed E-state index contributed by atoms with van der Waals surface area (Å²) in [5.74, 6) is 1.47. The molecule has 3 rings (SSSR count). The fraction of sp³-hybridized carbons (Fsp3) is 0.333. The van der Waals surface area contributed by atoms with Gasteiger partial charge < -0.3 is 5.11 Å². The van der Waals surface area contributed by atoms with Gasteiger partial charge in [0.05, 0.1) is 11.1 Å². The van der Waals surface area contributed by atoms with Gasteiger partial charge >= 0.3 is 0 Å². The number of hydrogen-bond donors (Lipinski definition) is 1. The minimum absolute atomic E-state index is 0.300. The summed E-state index contributed by atoms with van der Waals surface area (Å²) in [5, 5.41) is 14.7. The Hall–Kier alpha value is -1.39. The van der Waals surface area contributed by atoms with Gasteiger partial charge in [0.1, 0.15) is 5.82 Å². The van der Waals surface area contributed by atoms with Crippen LogP contribution in [0, 0.1) is 0 Å². The molecule has 1 N–H and O–H groups in total. The highest BCUT2D eigenvalue weighted by atomic mass is 35.5. The van der Waals surface area contributed by atoms with Crippen LogP contribution in [0.5, 0.6) is 0 Å². The summed E-state index contributed by atoms with van der Waals surface area (Å²) >= 11 is 6.11. The molecule has 0 fully saturated rings. The van der Waals surface area contributed by atoms with Crippen LogP contribution in [0.3, 0.4) is 0 Å². The fourth-order valence-corrected chi connectivity index (χ4v) is 2.27. The molecule has 1 aliphatic heterocycles. The quantitative estimate of drug-likeness (QED) is 0.840. The van der Waals surface area contributed by atoms with Crippen molar-refractivity contribution in [2.45, 2.75) is 25.5 Å². The van der Waals surface area contributed by atoms with Gasteiger partial charge in [-0.1, -0.05) is 23.7 Å². The number of fused-ring (bicyclic) bond motifs is 1.